The van der Waals surface area contributed by atoms with Gasteiger partial charge in [-0.15, -0.1) is 11.3 Å². The van der Waals surface area contributed by atoms with Crippen molar-refractivity contribution in [3.63, 3.8) is 0 Å². The zero-order valence-corrected chi connectivity index (χ0v) is 13.3. The normalized spacial score (nSPS) is 13.1. The van der Waals surface area contributed by atoms with E-state index in [0.29, 0.717) is 6.54 Å². The van der Waals surface area contributed by atoms with E-state index in [2.05, 4.69) is 24.1 Å². The molecule has 1 unspecified atom stereocenters. The van der Waals surface area contributed by atoms with Crippen molar-refractivity contribution in [1.29, 1.82) is 0 Å². The summed E-state index contributed by atoms with van der Waals surface area (Å²) in [6.45, 7) is 6.62. The molecule has 1 atom stereocenters. The maximum absolute atomic E-state index is 11.0. The Kier molecular flexibility index (Phi) is 4.75. The summed E-state index contributed by atoms with van der Waals surface area (Å²) in [5.41, 5.74) is 1.77. The second-order valence-electron chi connectivity index (χ2n) is 5.62. The van der Waals surface area contributed by atoms with Gasteiger partial charge in [0.15, 0.2) is 0 Å². The molecule has 1 aromatic heterocycles. The van der Waals surface area contributed by atoms with Crippen molar-refractivity contribution in [1.82, 2.24) is 10.3 Å². The lowest BCUT2D eigenvalue weighted by Gasteiger charge is -2.24. The molecule has 2 rings (SSSR count). The molecule has 0 fully saturated rings. The number of hydrogen-bond acceptors (Lipinski definition) is 4. The van der Waals surface area contributed by atoms with E-state index >= 15 is 0 Å². The van der Waals surface area contributed by atoms with Gasteiger partial charge in [-0.25, -0.2) is 4.98 Å². The minimum atomic E-state index is -0.800. The summed E-state index contributed by atoms with van der Waals surface area (Å²) >= 11 is 1.64. The molecule has 0 aliphatic rings. The van der Waals surface area contributed by atoms with Crippen LogP contribution in [0.3, 0.4) is 0 Å². The number of rotatable bonds is 6. The Morgan fingerprint density at radius 2 is 2.05 bits per heavy atom. The molecule has 2 N–H and O–H groups in total. The SMILES string of the molecule is CC(C(=O)O)c1ccc(CNC(C)(C)c2nccs2)cc1. The third kappa shape index (κ3) is 3.89. The Morgan fingerprint density at radius 1 is 1.38 bits per heavy atom. The van der Waals surface area contributed by atoms with Crippen molar-refractivity contribution in [2.24, 2.45) is 0 Å². The van der Waals surface area contributed by atoms with Crippen LogP contribution in [-0.4, -0.2) is 16.1 Å². The molecular formula is C16H20N2O2S. The number of aliphatic carboxylic acids is 1. The molecule has 4 nitrogen and oxygen atoms in total. The van der Waals surface area contributed by atoms with E-state index in [1.54, 1.807) is 18.3 Å². The van der Waals surface area contributed by atoms with Gasteiger partial charge in [0.25, 0.3) is 0 Å². The van der Waals surface area contributed by atoms with Crippen LogP contribution in [-0.2, 0) is 16.9 Å². The van der Waals surface area contributed by atoms with E-state index < -0.39 is 11.9 Å². The molecule has 0 bridgehead atoms. The zero-order chi connectivity index (χ0) is 15.5. The van der Waals surface area contributed by atoms with Crippen LogP contribution in [0, 0.1) is 0 Å². The van der Waals surface area contributed by atoms with Crippen molar-refractivity contribution < 1.29 is 9.90 Å². The average molecular weight is 304 g/mol. The van der Waals surface area contributed by atoms with Crippen molar-refractivity contribution in [2.45, 2.75) is 38.8 Å². The lowest BCUT2D eigenvalue weighted by atomic mass is 9.99. The van der Waals surface area contributed by atoms with E-state index in [9.17, 15) is 4.79 Å². The molecular weight excluding hydrogens is 284 g/mol. The van der Waals surface area contributed by atoms with Crippen LogP contribution in [0.1, 0.15) is 42.8 Å². The number of carboxylic acid groups (broad SMARTS) is 1. The second-order valence-corrected chi connectivity index (χ2v) is 6.51. The molecule has 0 saturated heterocycles. The molecule has 1 aromatic carbocycles. The van der Waals surface area contributed by atoms with Crippen molar-refractivity contribution in [2.75, 3.05) is 0 Å². The molecule has 0 amide bonds. The number of aromatic nitrogens is 1. The highest BCUT2D eigenvalue weighted by atomic mass is 32.1. The van der Waals surface area contributed by atoms with Crippen molar-refractivity contribution >= 4 is 17.3 Å². The van der Waals surface area contributed by atoms with E-state index in [0.717, 1.165) is 16.1 Å². The standard InChI is InChI=1S/C16H20N2O2S/c1-11(14(19)20)13-6-4-12(5-7-13)10-18-16(2,3)15-17-8-9-21-15/h4-9,11,18H,10H2,1-3H3,(H,19,20). The Hall–Kier alpha value is -1.72. The third-order valence-electron chi connectivity index (χ3n) is 3.55. The summed E-state index contributed by atoms with van der Waals surface area (Å²) in [6.07, 6.45) is 1.81. The van der Waals surface area contributed by atoms with Crippen LogP contribution in [0.15, 0.2) is 35.8 Å². The quantitative estimate of drug-likeness (QED) is 0.859. The summed E-state index contributed by atoms with van der Waals surface area (Å²) in [7, 11) is 0. The summed E-state index contributed by atoms with van der Waals surface area (Å²) in [6, 6.07) is 7.71. The molecule has 0 spiro atoms. The van der Waals surface area contributed by atoms with E-state index in [1.807, 2.05) is 35.8 Å². The summed E-state index contributed by atoms with van der Waals surface area (Å²) in [4.78, 5) is 15.3. The summed E-state index contributed by atoms with van der Waals surface area (Å²) < 4.78 is 0. The van der Waals surface area contributed by atoms with Gasteiger partial charge in [0.1, 0.15) is 5.01 Å². The van der Waals surface area contributed by atoms with Gasteiger partial charge in [-0.1, -0.05) is 24.3 Å². The Balaban J connectivity index is 2.00. The number of benzene rings is 1. The highest BCUT2D eigenvalue weighted by molar-refractivity contribution is 7.09. The Labute approximate surface area is 128 Å². The first kappa shape index (κ1) is 15.7. The fourth-order valence-corrected chi connectivity index (χ4v) is 2.74. The van der Waals surface area contributed by atoms with Gasteiger partial charge in [-0.05, 0) is 31.9 Å². The molecule has 0 aliphatic heterocycles. The number of hydrogen-bond donors (Lipinski definition) is 2. The highest BCUT2D eigenvalue weighted by Gasteiger charge is 2.22. The van der Waals surface area contributed by atoms with Gasteiger partial charge in [-0.3, -0.25) is 4.79 Å². The minimum absolute atomic E-state index is 0.179. The first-order valence-corrected chi connectivity index (χ1v) is 7.75. The van der Waals surface area contributed by atoms with Gasteiger partial charge < -0.3 is 10.4 Å². The fourth-order valence-electron chi connectivity index (χ4n) is 2.00. The molecule has 5 heteroatoms. The zero-order valence-electron chi connectivity index (χ0n) is 12.5. The van der Waals surface area contributed by atoms with Gasteiger partial charge in [-0.2, -0.15) is 0 Å². The summed E-state index contributed by atoms with van der Waals surface area (Å²) in [5.74, 6) is -1.27. The Bertz CT molecular complexity index is 591. The van der Waals surface area contributed by atoms with Gasteiger partial charge >= 0.3 is 5.97 Å². The van der Waals surface area contributed by atoms with E-state index in [-0.39, 0.29) is 5.54 Å². The van der Waals surface area contributed by atoms with Crippen molar-refractivity contribution in [3.05, 3.63) is 52.0 Å². The minimum Gasteiger partial charge on any atom is -0.481 e. The topological polar surface area (TPSA) is 62.2 Å². The fraction of sp³-hybridized carbons (Fsp3) is 0.375. The van der Waals surface area contributed by atoms with E-state index in [4.69, 9.17) is 5.11 Å². The number of nitrogens with zero attached hydrogens (tertiary/aromatic N) is 1. The van der Waals surface area contributed by atoms with Crippen LogP contribution < -0.4 is 5.32 Å². The second kappa shape index (κ2) is 6.37. The van der Waals surface area contributed by atoms with Crippen LogP contribution in [0.5, 0.6) is 0 Å². The summed E-state index contributed by atoms with van der Waals surface area (Å²) in [5, 5.41) is 15.5. The average Bonchev–Trinajstić information content (AvgIpc) is 3.00. The Morgan fingerprint density at radius 3 is 2.57 bits per heavy atom. The lowest BCUT2D eigenvalue weighted by Crippen LogP contribution is -2.35. The van der Waals surface area contributed by atoms with Crippen LogP contribution in [0.2, 0.25) is 0 Å². The van der Waals surface area contributed by atoms with Crippen LogP contribution >= 0.6 is 11.3 Å². The third-order valence-corrected chi connectivity index (χ3v) is 4.65. The van der Waals surface area contributed by atoms with Gasteiger partial charge in [0.2, 0.25) is 0 Å². The largest absolute Gasteiger partial charge is 0.481 e. The van der Waals surface area contributed by atoms with Gasteiger partial charge in [0, 0.05) is 18.1 Å². The molecule has 1 heterocycles. The molecule has 21 heavy (non-hydrogen) atoms. The predicted octanol–water partition coefficient (Wildman–Crippen LogP) is 3.36. The monoisotopic (exact) mass is 304 g/mol. The molecule has 0 radical (unpaired) electrons. The number of thiazole rings is 1. The smallest absolute Gasteiger partial charge is 0.310 e. The predicted molar refractivity (Wildman–Crippen MR) is 84.5 cm³/mol. The lowest BCUT2D eigenvalue weighted by molar-refractivity contribution is -0.138. The first-order chi connectivity index (χ1) is 9.90. The highest BCUT2D eigenvalue weighted by Crippen LogP contribution is 2.23. The maximum Gasteiger partial charge on any atom is 0.310 e. The van der Waals surface area contributed by atoms with E-state index in [1.165, 1.54) is 0 Å². The first-order valence-electron chi connectivity index (χ1n) is 6.87. The molecule has 0 aliphatic carbocycles. The van der Waals surface area contributed by atoms with Crippen molar-refractivity contribution in [3.8, 4) is 0 Å². The maximum atomic E-state index is 11.0. The number of carbonyl (C=O) groups is 1. The van der Waals surface area contributed by atoms with Crippen LogP contribution in [0.25, 0.3) is 0 Å². The molecule has 2 aromatic rings. The number of nitrogens with one attached hydrogen (secondary N) is 1. The molecule has 112 valence electrons. The van der Waals surface area contributed by atoms with Crippen LogP contribution in [0.4, 0.5) is 0 Å². The molecule has 0 saturated carbocycles. The van der Waals surface area contributed by atoms with Gasteiger partial charge in [0.05, 0.1) is 11.5 Å². The number of carboxylic acids is 1.